The summed E-state index contributed by atoms with van der Waals surface area (Å²) in [4.78, 5) is 23.0. The van der Waals surface area contributed by atoms with E-state index in [2.05, 4.69) is 5.32 Å². The van der Waals surface area contributed by atoms with Gasteiger partial charge < -0.3 is 21.9 Å². The van der Waals surface area contributed by atoms with E-state index in [0.717, 1.165) is 0 Å². The molecule has 1 aromatic rings. The van der Waals surface area contributed by atoms with E-state index < -0.39 is 23.5 Å². The number of likely N-dealkylation sites (N-methyl/N-ethyl adjacent to an activating group) is 1. The molecule has 0 radical (unpaired) electrons. The second kappa shape index (κ2) is 5.05. The molecule has 92 valence electrons. The highest BCUT2D eigenvalue weighted by Gasteiger charge is 2.42. The van der Waals surface area contributed by atoms with Gasteiger partial charge in [-0.3, -0.25) is 4.79 Å². The molecular weight excluding hydrogens is 222 g/mol. The second-order valence-corrected chi connectivity index (χ2v) is 3.69. The minimum Gasteiger partial charge on any atom is -0.479 e. The summed E-state index contributed by atoms with van der Waals surface area (Å²) in [5.74, 6) is -1.90. The van der Waals surface area contributed by atoms with Gasteiger partial charge in [0.25, 0.3) is 0 Å². The Balaban J connectivity index is 3.05. The number of hydrogen-bond acceptors (Lipinski definition) is 5. The van der Waals surface area contributed by atoms with Crippen LogP contribution in [0.5, 0.6) is 0 Å². The van der Waals surface area contributed by atoms with Crippen LogP contribution in [0.15, 0.2) is 30.3 Å². The first-order chi connectivity index (χ1) is 7.91. The standard InChI is InChI=1S/C11H15N3O3/c1-14-9(11(12,13)10(16)17)8(15)7-5-3-2-4-6-7/h2-6,9,14H,12-13H2,1H3,(H,16,17). The summed E-state index contributed by atoms with van der Waals surface area (Å²) < 4.78 is 0. The van der Waals surface area contributed by atoms with Gasteiger partial charge in [0.2, 0.25) is 0 Å². The van der Waals surface area contributed by atoms with E-state index in [1.165, 1.54) is 7.05 Å². The Hall–Kier alpha value is -1.76. The van der Waals surface area contributed by atoms with Crippen molar-refractivity contribution < 1.29 is 14.7 Å². The van der Waals surface area contributed by atoms with E-state index in [4.69, 9.17) is 16.6 Å². The monoisotopic (exact) mass is 237 g/mol. The van der Waals surface area contributed by atoms with Crippen molar-refractivity contribution in [3.05, 3.63) is 35.9 Å². The molecule has 6 heteroatoms. The van der Waals surface area contributed by atoms with Crippen molar-refractivity contribution in [3.63, 3.8) is 0 Å². The summed E-state index contributed by atoms with van der Waals surface area (Å²) >= 11 is 0. The van der Waals surface area contributed by atoms with Crippen LogP contribution in [0.3, 0.4) is 0 Å². The van der Waals surface area contributed by atoms with Gasteiger partial charge in [-0.1, -0.05) is 30.3 Å². The van der Waals surface area contributed by atoms with E-state index in [0.29, 0.717) is 5.56 Å². The number of Topliss-reactive ketones (excluding diaryl/α,β-unsaturated/α-hetero) is 1. The van der Waals surface area contributed by atoms with Crippen LogP contribution in [0.2, 0.25) is 0 Å². The zero-order valence-electron chi connectivity index (χ0n) is 9.38. The Bertz CT molecular complexity index is 417. The van der Waals surface area contributed by atoms with Gasteiger partial charge in [-0.2, -0.15) is 0 Å². The van der Waals surface area contributed by atoms with Crippen molar-refractivity contribution >= 4 is 11.8 Å². The quantitative estimate of drug-likeness (QED) is 0.391. The van der Waals surface area contributed by atoms with Gasteiger partial charge in [0.1, 0.15) is 6.04 Å². The van der Waals surface area contributed by atoms with E-state index in [9.17, 15) is 9.59 Å². The summed E-state index contributed by atoms with van der Waals surface area (Å²) in [5.41, 5.74) is 9.10. The molecule has 0 heterocycles. The van der Waals surface area contributed by atoms with Crippen LogP contribution in [-0.2, 0) is 4.79 Å². The minimum absolute atomic E-state index is 0.355. The fourth-order valence-corrected chi connectivity index (χ4v) is 1.48. The molecule has 1 unspecified atom stereocenters. The third-order valence-corrected chi connectivity index (χ3v) is 2.46. The number of nitrogens with one attached hydrogen (secondary N) is 1. The number of hydrogen-bond donors (Lipinski definition) is 4. The highest BCUT2D eigenvalue weighted by molar-refractivity contribution is 6.04. The summed E-state index contributed by atoms with van der Waals surface area (Å²) in [6.45, 7) is 0. The average molecular weight is 237 g/mol. The lowest BCUT2D eigenvalue weighted by atomic mass is 9.94. The number of carbonyl (C=O) groups excluding carboxylic acids is 1. The molecular formula is C11H15N3O3. The fourth-order valence-electron chi connectivity index (χ4n) is 1.48. The van der Waals surface area contributed by atoms with E-state index in [1.807, 2.05) is 0 Å². The molecule has 1 rings (SSSR count). The van der Waals surface area contributed by atoms with Gasteiger partial charge in [-0.15, -0.1) is 0 Å². The molecule has 0 aliphatic rings. The topological polar surface area (TPSA) is 118 Å². The van der Waals surface area contributed by atoms with Crippen LogP contribution in [0, 0.1) is 0 Å². The lowest BCUT2D eigenvalue weighted by molar-refractivity contribution is -0.143. The number of ketones is 1. The lowest BCUT2D eigenvalue weighted by Gasteiger charge is -2.28. The maximum atomic E-state index is 12.0. The first-order valence-corrected chi connectivity index (χ1v) is 4.99. The van der Waals surface area contributed by atoms with Crippen LogP contribution in [0.1, 0.15) is 10.4 Å². The molecule has 0 aliphatic heterocycles. The predicted molar refractivity (Wildman–Crippen MR) is 62.4 cm³/mol. The Morgan fingerprint density at radius 2 is 1.82 bits per heavy atom. The Morgan fingerprint density at radius 1 is 1.29 bits per heavy atom. The predicted octanol–water partition coefficient (Wildman–Crippen LogP) is -0.844. The maximum Gasteiger partial charge on any atom is 0.340 e. The van der Waals surface area contributed by atoms with Crippen molar-refractivity contribution in [2.24, 2.45) is 11.5 Å². The molecule has 0 fully saturated rings. The minimum atomic E-state index is -2.15. The highest BCUT2D eigenvalue weighted by Crippen LogP contribution is 2.09. The Kier molecular flexibility index (Phi) is 3.95. The van der Waals surface area contributed by atoms with Gasteiger partial charge in [0, 0.05) is 5.56 Å². The van der Waals surface area contributed by atoms with E-state index in [-0.39, 0.29) is 0 Å². The number of aliphatic carboxylic acids is 1. The molecule has 6 N–H and O–H groups in total. The summed E-state index contributed by atoms with van der Waals surface area (Å²) in [7, 11) is 1.43. The van der Waals surface area contributed by atoms with Crippen LogP contribution in [0.4, 0.5) is 0 Å². The van der Waals surface area contributed by atoms with Gasteiger partial charge in [-0.05, 0) is 7.05 Å². The molecule has 0 bridgehead atoms. The van der Waals surface area contributed by atoms with Crippen molar-refractivity contribution in [1.82, 2.24) is 5.32 Å². The van der Waals surface area contributed by atoms with Crippen molar-refractivity contribution in [2.45, 2.75) is 11.7 Å². The van der Waals surface area contributed by atoms with E-state index in [1.54, 1.807) is 30.3 Å². The maximum absolute atomic E-state index is 12.0. The molecule has 0 saturated carbocycles. The number of carboxylic acid groups (broad SMARTS) is 1. The normalized spacial score (nSPS) is 13.1. The molecule has 0 aromatic heterocycles. The van der Waals surface area contributed by atoms with Crippen molar-refractivity contribution in [2.75, 3.05) is 7.05 Å². The number of rotatable bonds is 5. The summed E-state index contributed by atoms with van der Waals surface area (Å²) in [5, 5.41) is 11.4. The van der Waals surface area contributed by atoms with Gasteiger partial charge >= 0.3 is 5.97 Å². The van der Waals surface area contributed by atoms with Crippen LogP contribution in [-0.4, -0.2) is 35.6 Å². The van der Waals surface area contributed by atoms with Gasteiger partial charge in [0.05, 0.1) is 0 Å². The largest absolute Gasteiger partial charge is 0.479 e. The zero-order chi connectivity index (χ0) is 13.1. The summed E-state index contributed by atoms with van der Waals surface area (Å²) in [6, 6.07) is 7.06. The lowest BCUT2D eigenvalue weighted by Crippen LogP contribution is -2.70. The first-order valence-electron chi connectivity index (χ1n) is 4.99. The SMILES string of the molecule is CNC(C(=O)c1ccccc1)C(N)(N)C(=O)O. The number of nitrogens with two attached hydrogens (primary N) is 2. The fraction of sp³-hybridized carbons (Fsp3) is 0.273. The number of benzene rings is 1. The van der Waals surface area contributed by atoms with Gasteiger partial charge in [0.15, 0.2) is 11.4 Å². The second-order valence-electron chi connectivity index (χ2n) is 3.69. The third kappa shape index (κ3) is 2.68. The van der Waals surface area contributed by atoms with Crippen molar-refractivity contribution in [3.8, 4) is 0 Å². The summed E-state index contributed by atoms with van der Waals surface area (Å²) in [6.07, 6.45) is 0. The van der Waals surface area contributed by atoms with Gasteiger partial charge in [-0.25, -0.2) is 4.79 Å². The highest BCUT2D eigenvalue weighted by atomic mass is 16.4. The molecule has 1 atom stereocenters. The molecule has 0 amide bonds. The van der Waals surface area contributed by atoms with Crippen LogP contribution < -0.4 is 16.8 Å². The van der Waals surface area contributed by atoms with E-state index >= 15 is 0 Å². The average Bonchev–Trinajstić information content (AvgIpc) is 2.30. The van der Waals surface area contributed by atoms with Crippen LogP contribution in [0.25, 0.3) is 0 Å². The molecule has 0 saturated heterocycles. The Morgan fingerprint density at radius 3 is 2.24 bits per heavy atom. The molecule has 0 spiro atoms. The molecule has 0 aliphatic carbocycles. The smallest absolute Gasteiger partial charge is 0.340 e. The Labute approximate surface area is 98.6 Å². The third-order valence-electron chi connectivity index (χ3n) is 2.46. The molecule has 6 nitrogen and oxygen atoms in total. The number of carboxylic acids is 1. The van der Waals surface area contributed by atoms with Crippen molar-refractivity contribution in [1.29, 1.82) is 0 Å². The number of carbonyl (C=O) groups is 2. The first kappa shape index (κ1) is 13.3. The molecule has 1 aromatic carbocycles. The van der Waals surface area contributed by atoms with Crippen LogP contribution >= 0.6 is 0 Å². The molecule has 17 heavy (non-hydrogen) atoms. The zero-order valence-corrected chi connectivity index (χ0v) is 9.38.